The molecule has 0 N–H and O–H groups in total. The molecule has 0 saturated carbocycles. The van der Waals surface area contributed by atoms with Crippen molar-refractivity contribution in [2.24, 2.45) is 0 Å². The van der Waals surface area contributed by atoms with Crippen LogP contribution in [0.2, 0.25) is 5.32 Å². The molecule has 0 saturated heterocycles. The summed E-state index contributed by atoms with van der Waals surface area (Å²) in [5, 5.41) is 1.27. The molecular formula is C15H26Se. The van der Waals surface area contributed by atoms with Gasteiger partial charge in [0.05, 0.1) is 0 Å². The minimum absolute atomic E-state index is 0.617. The molecule has 92 valence electrons. The van der Waals surface area contributed by atoms with Crippen LogP contribution in [-0.4, -0.2) is 15.0 Å². The van der Waals surface area contributed by atoms with Gasteiger partial charge in [-0.05, 0) is 0 Å². The second kappa shape index (κ2) is 12.9. The Kier molecular flexibility index (Phi) is 12.7. The van der Waals surface area contributed by atoms with Gasteiger partial charge >= 0.3 is 108 Å². The van der Waals surface area contributed by atoms with Crippen LogP contribution in [0, 0.1) is 11.8 Å². The average molecular weight is 285 g/mol. The van der Waals surface area contributed by atoms with Crippen LogP contribution in [0.25, 0.3) is 0 Å². The van der Waals surface area contributed by atoms with Gasteiger partial charge in [0.15, 0.2) is 0 Å². The first kappa shape index (κ1) is 15.8. The maximum absolute atomic E-state index is 3.38. The van der Waals surface area contributed by atoms with Crippen LogP contribution < -0.4 is 0 Å². The Labute approximate surface area is 108 Å². The topological polar surface area (TPSA) is 0 Å². The summed E-state index contributed by atoms with van der Waals surface area (Å²) in [5.41, 5.74) is 0. The summed E-state index contributed by atoms with van der Waals surface area (Å²) >= 11 is 0.617. The first-order valence-electron chi connectivity index (χ1n) is 6.66. The Balaban J connectivity index is 3.94. The molecule has 0 aliphatic carbocycles. The first-order chi connectivity index (χ1) is 7.85. The van der Waals surface area contributed by atoms with E-state index in [1.165, 1.54) is 48.3 Å². The van der Waals surface area contributed by atoms with Crippen molar-refractivity contribution in [3.8, 4) is 11.8 Å². The number of unbranched alkanes of at least 4 members (excludes halogenated alkanes) is 5. The maximum atomic E-state index is 3.38. The van der Waals surface area contributed by atoms with Crippen molar-refractivity contribution in [3.63, 3.8) is 0 Å². The van der Waals surface area contributed by atoms with E-state index in [0.29, 0.717) is 15.0 Å². The van der Waals surface area contributed by atoms with Gasteiger partial charge in [-0.15, -0.1) is 0 Å². The van der Waals surface area contributed by atoms with Gasteiger partial charge < -0.3 is 0 Å². The number of hydrogen-bond acceptors (Lipinski definition) is 0. The van der Waals surface area contributed by atoms with Crippen molar-refractivity contribution in [2.75, 3.05) is 0 Å². The molecular weight excluding hydrogens is 259 g/mol. The van der Waals surface area contributed by atoms with Crippen LogP contribution in [0.3, 0.4) is 0 Å². The van der Waals surface area contributed by atoms with Crippen LogP contribution in [0.1, 0.15) is 65.7 Å². The van der Waals surface area contributed by atoms with E-state index in [4.69, 9.17) is 0 Å². The summed E-state index contributed by atoms with van der Waals surface area (Å²) < 4.78 is 1.43. The molecule has 0 amide bonds. The van der Waals surface area contributed by atoms with Gasteiger partial charge in [0.2, 0.25) is 0 Å². The van der Waals surface area contributed by atoms with Crippen LogP contribution in [-0.2, 0) is 0 Å². The Hall–Kier alpha value is -0.181. The quantitative estimate of drug-likeness (QED) is 0.342. The SMILES string of the molecule is CCCC/C=C(/C#CCCCCC)[Se]CC. The monoisotopic (exact) mass is 286 g/mol. The Morgan fingerprint density at radius 2 is 1.81 bits per heavy atom. The summed E-state index contributed by atoms with van der Waals surface area (Å²) in [4.78, 5) is 0. The van der Waals surface area contributed by atoms with Gasteiger partial charge in [-0.3, -0.25) is 0 Å². The first-order valence-corrected chi connectivity index (χ1v) is 8.73. The summed E-state index contributed by atoms with van der Waals surface area (Å²) in [6.07, 6.45) is 11.1. The standard InChI is InChI=1S/C15H26Se/c1-4-7-9-10-12-14-15(16-6-3)13-11-8-5-2/h13H,4-11H2,1-3H3/b15-13-. The van der Waals surface area contributed by atoms with Crippen molar-refractivity contribution in [2.45, 2.75) is 71.0 Å². The van der Waals surface area contributed by atoms with Crippen LogP contribution in [0.4, 0.5) is 0 Å². The zero-order valence-electron chi connectivity index (χ0n) is 11.1. The number of hydrogen-bond donors (Lipinski definition) is 0. The third kappa shape index (κ3) is 10.3. The van der Waals surface area contributed by atoms with Gasteiger partial charge in [-0.1, -0.05) is 0 Å². The Bertz CT molecular complexity index is 230. The molecule has 0 aromatic rings. The zero-order valence-corrected chi connectivity index (χ0v) is 12.9. The predicted octanol–water partition coefficient (Wildman–Crippen LogP) is 4.79. The molecule has 0 rings (SSSR count). The third-order valence-electron chi connectivity index (χ3n) is 2.30. The molecule has 0 spiro atoms. The summed E-state index contributed by atoms with van der Waals surface area (Å²) in [6.45, 7) is 6.74. The van der Waals surface area contributed by atoms with Crippen LogP contribution in [0.5, 0.6) is 0 Å². The molecule has 0 heterocycles. The number of allylic oxidation sites excluding steroid dienone is 2. The van der Waals surface area contributed by atoms with Crippen LogP contribution in [0.15, 0.2) is 10.5 Å². The second-order valence-electron chi connectivity index (χ2n) is 3.90. The van der Waals surface area contributed by atoms with Gasteiger partial charge in [-0.25, -0.2) is 0 Å². The molecule has 0 atom stereocenters. The second-order valence-corrected chi connectivity index (χ2v) is 6.64. The molecule has 1 heteroatoms. The fraction of sp³-hybridized carbons (Fsp3) is 0.733. The van der Waals surface area contributed by atoms with E-state index in [1.54, 1.807) is 0 Å². The summed E-state index contributed by atoms with van der Waals surface area (Å²) in [7, 11) is 0. The zero-order chi connectivity index (χ0) is 12.1. The van der Waals surface area contributed by atoms with E-state index < -0.39 is 0 Å². The van der Waals surface area contributed by atoms with Gasteiger partial charge in [0.1, 0.15) is 0 Å². The Morgan fingerprint density at radius 3 is 2.44 bits per heavy atom. The summed E-state index contributed by atoms with van der Waals surface area (Å²) in [5.74, 6) is 6.71. The van der Waals surface area contributed by atoms with Crippen molar-refractivity contribution >= 4 is 15.0 Å². The molecule has 0 unspecified atom stereocenters. The van der Waals surface area contributed by atoms with E-state index >= 15 is 0 Å². The average Bonchev–Trinajstić information content (AvgIpc) is 2.29. The molecule has 0 aromatic carbocycles. The van der Waals surface area contributed by atoms with Crippen molar-refractivity contribution < 1.29 is 0 Å². The fourth-order valence-electron chi connectivity index (χ4n) is 1.35. The summed E-state index contributed by atoms with van der Waals surface area (Å²) in [6, 6.07) is 0. The fourth-order valence-corrected chi connectivity index (χ4v) is 2.80. The van der Waals surface area contributed by atoms with Gasteiger partial charge in [0, 0.05) is 0 Å². The molecule has 16 heavy (non-hydrogen) atoms. The van der Waals surface area contributed by atoms with Crippen LogP contribution >= 0.6 is 0 Å². The van der Waals surface area contributed by atoms with Gasteiger partial charge in [-0.2, -0.15) is 0 Å². The molecule has 0 bridgehead atoms. The van der Waals surface area contributed by atoms with Gasteiger partial charge in [0.25, 0.3) is 0 Å². The third-order valence-corrected chi connectivity index (χ3v) is 4.13. The molecule has 0 aromatic heterocycles. The van der Waals surface area contributed by atoms with E-state index in [-0.39, 0.29) is 0 Å². The molecule has 0 aliphatic rings. The molecule has 0 nitrogen and oxygen atoms in total. The normalized spacial score (nSPS) is 11.1. The minimum atomic E-state index is 0.617. The van der Waals surface area contributed by atoms with Crippen molar-refractivity contribution in [3.05, 3.63) is 10.5 Å². The molecule has 0 aliphatic heterocycles. The van der Waals surface area contributed by atoms with E-state index in [2.05, 4.69) is 38.7 Å². The predicted molar refractivity (Wildman–Crippen MR) is 75.8 cm³/mol. The van der Waals surface area contributed by atoms with Crippen molar-refractivity contribution in [1.82, 2.24) is 0 Å². The molecule has 0 radical (unpaired) electrons. The van der Waals surface area contributed by atoms with E-state index in [0.717, 1.165) is 6.42 Å². The molecule has 0 fully saturated rings. The van der Waals surface area contributed by atoms with E-state index in [1.807, 2.05) is 0 Å². The number of rotatable bonds is 8. The Morgan fingerprint density at radius 1 is 1.06 bits per heavy atom. The van der Waals surface area contributed by atoms with Crippen molar-refractivity contribution in [1.29, 1.82) is 0 Å². The van der Waals surface area contributed by atoms with E-state index in [9.17, 15) is 0 Å².